The molecule has 5 rings (SSSR count). The number of benzene rings is 3. The summed E-state index contributed by atoms with van der Waals surface area (Å²) in [7, 11) is -3.96. The van der Waals surface area contributed by atoms with E-state index in [1.54, 1.807) is 32.9 Å². The Balaban J connectivity index is 1.84. The third-order valence-electron chi connectivity index (χ3n) is 9.26. The van der Waals surface area contributed by atoms with Crippen molar-refractivity contribution in [3.8, 4) is 5.75 Å². The van der Waals surface area contributed by atoms with Crippen LogP contribution in [-0.4, -0.2) is 43.9 Å². The number of carbonyl (C=O) groups is 4. The zero-order valence-corrected chi connectivity index (χ0v) is 29.1. The number of rotatable bonds is 8. The van der Waals surface area contributed by atoms with Crippen molar-refractivity contribution in [2.45, 2.75) is 69.9 Å². The van der Waals surface area contributed by atoms with E-state index in [2.05, 4.69) is 5.32 Å². The van der Waals surface area contributed by atoms with Gasteiger partial charge in [-0.2, -0.15) is 0 Å². The highest BCUT2D eigenvalue weighted by Crippen LogP contribution is 2.61. The summed E-state index contributed by atoms with van der Waals surface area (Å²) in [6.45, 7) is 6.26. The molecule has 14 heteroatoms. The van der Waals surface area contributed by atoms with Crippen LogP contribution in [0.5, 0.6) is 5.75 Å². The highest BCUT2D eigenvalue weighted by molar-refractivity contribution is 7.89. The van der Waals surface area contributed by atoms with Crippen molar-refractivity contribution >= 4 is 62.5 Å². The molecule has 1 spiro atoms. The van der Waals surface area contributed by atoms with Crippen LogP contribution in [0.2, 0.25) is 10.0 Å². The first-order chi connectivity index (χ1) is 22.5. The van der Waals surface area contributed by atoms with E-state index in [4.69, 9.17) is 27.9 Å². The molecule has 2 heterocycles. The van der Waals surface area contributed by atoms with E-state index >= 15 is 4.79 Å². The van der Waals surface area contributed by atoms with E-state index in [1.807, 2.05) is 4.72 Å². The Morgan fingerprint density at radius 2 is 1.69 bits per heavy atom. The van der Waals surface area contributed by atoms with Crippen molar-refractivity contribution in [3.63, 3.8) is 0 Å². The number of anilines is 1. The summed E-state index contributed by atoms with van der Waals surface area (Å²) in [6.07, 6.45) is 0.644. The Morgan fingerprint density at radius 1 is 1.04 bits per heavy atom. The molecule has 48 heavy (non-hydrogen) atoms. The minimum absolute atomic E-state index is 0.0483. The Hall–Kier alpha value is -4.00. The van der Waals surface area contributed by atoms with E-state index in [0.29, 0.717) is 16.7 Å². The maximum Gasteiger partial charge on any atom is 0.277 e. The van der Waals surface area contributed by atoms with E-state index in [0.717, 1.165) is 11.2 Å². The number of aryl methyl sites for hydroxylation is 1. The van der Waals surface area contributed by atoms with Crippen LogP contribution in [0.4, 0.5) is 10.1 Å². The first-order valence-electron chi connectivity index (χ1n) is 15.2. The number of nitrogens with one attached hydrogen (secondary N) is 2. The van der Waals surface area contributed by atoms with Gasteiger partial charge in [0, 0.05) is 34.9 Å². The van der Waals surface area contributed by atoms with Gasteiger partial charge in [0.15, 0.2) is 5.60 Å². The number of hydrogen-bond donors (Lipinski definition) is 2. The fourth-order valence-corrected chi connectivity index (χ4v) is 7.85. The van der Waals surface area contributed by atoms with Gasteiger partial charge in [0.25, 0.3) is 5.91 Å². The molecule has 0 saturated carbocycles. The van der Waals surface area contributed by atoms with E-state index < -0.39 is 62.4 Å². The molecule has 3 aromatic rings. The maximum absolute atomic E-state index is 15.0. The number of piperidine rings is 1. The standard InChI is InChI=1S/C34H34Cl2FN3O7S/c1-6-33(7-2,31(43)39-48(5,45)46)47-28-13-10-20(35)14-24(28)26-17-29(42)38-30(23-16-22(37)11-8-18(23)3)34(26)25-12-9-21(36)15-27(25)40(19(4)41)32(34)44/h8-16,26,30H,6-7,17H2,1-5H3,(H,38,42)(H,39,43)/t26-,30+,34-/m1/s1. The molecular formula is C34H34Cl2FN3O7S. The van der Waals surface area contributed by atoms with E-state index in [1.165, 1.54) is 49.4 Å². The summed E-state index contributed by atoms with van der Waals surface area (Å²) < 4.78 is 47.5. The third kappa shape index (κ3) is 5.94. The molecule has 3 aromatic carbocycles. The van der Waals surface area contributed by atoms with Crippen molar-refractivity contribution in [2.75, 3.05) is 11.2 Å². The second-order valence-electron chi connectivity index (χ2n) is 12.1. The molecule has 0 unspecified atom stereocenters. The lowest BCUT2D eigenvalue weighted by Gasteiger charge is -2.47. The number of sulfonamides is 1. The molecule has 1 fully saturated rings. The summed E-state index contributed by atoms with van der Waals surface area (Å²) >= 11 is 12.9. The molecule has 0 aromatic heterocycles. The van der Waals surface area contributed by atoms with Gasteiger partial charge in [-0.05, 0) is 78.9 Å². The molecule has 254 valence electrons. The molecule has 0 radical (unpaired) electrons. The number of amides is 4. The zero-order chi connectivity index (χ0) is 35.3. The molecule has 3 atom stereocenters. The zero-order valence-electron chi connectivity index (χ0n) is 26.8. The lowest BCUT2D eigenvalue weighted by Crippen LogP contribution is -2.59. The van der Waals surface area contributed by atoms with Gasteiger partial charge in [-0.1, -0.05) is 49.2 Å². The number of halogens is 3. The molecule has 1 saturated heterocycles. The Morgan fingerprint density at radius 3 is 2.31 bits per heavy atom. The number of ether oxygens (including phenoxy) is 1. The van der Waals surface area contributed by atoms with Crippen molar-refractivity contribution in [1.82, 2.24) is 10.0 Å². The van der Waals surface area contributed by atoms with Crippen LogP contribution in [0, 0.1) is 12.7 Å². The van der Waals surface area contributed by atoms with Gasteiger partial charge in [0.05, 0.1) is 18.0 Å². The number of fused-ring (bicyclic) bond motifs is 2. The molecule has 2 aliphatic rings. The second-order valence-corrected chi connectivity index (χ2v) is 14.8. The average Bonchev–Trinajstić information content (AvgIpc) is 3.25. The van der Waals surface area contributed by atoms with Crippen LogP contribution < -0.4 is 19.7 Å². The van der Waals surface area contributed by atoms with Crippen molar-refractivity contribution in [1.29, 1.82) is 0 Å². The normalized spacial score (nSPS) is 20.8. The third-order valence-corrected chi connectivity index (χ3v) is 10.3. The van der Waals surface area contributed by atoms with Crippen LogP contribution in [0.1, 0.15) is 74.2 Å². The fraction of sp³-hybridized carbons (Fsp3) is 0.353. The van der Waals surface area contributed by atoms with Crippen molar-refractivity contribution in [2.24, 2.45) is 0 Å². The summed E-state index contributed by atoms with van der Waals surface area (Å²) in [4.78, 5) is 56.3. The monoisotopic (exact) mass is 717 g/mol. The van der Waals surface area contributed by atoms with Gasteiger partial charge < -0.3 is 10.1 Å². The fourth-order valence-electron chi connectivity index (χ4n) is 6.98. The number of nitrogens with zero attached hydrogens (tertiary/aromatic N) is 1. The van der Waals surface area contributed by atoms with E-state index in [9.17, 15) is 27.2 Å². The molecule has 2 aliphatic heterocycles. The predicted octanol–water partition coefficient (Wildman–Crippen LogP) is 5.63. The van der Waals surface area contributed by atoms with Gasteiger partial charge in [-0.25, -0.2) is 22.4 Å². The molecular weight excluding hydrogens is 684 g/mol. The first kappa shape index (κ1) is 35.3. The van der Waals surface area contributed by atoms with Gasteiger partial charge in [0.1, 0.15) is 17.0 Å². The van der Waals surface area contributed by atoms with Crippen LogP contribution in [0.15, 0.2) is 54.6 Å². The summed E-state index contributed by atoms with van der Waals surface area (Å²) in [6, 6.07) is 12.0. The first-order valence-corrected chi connectivity index (χ1v) is 17.8. The van der Waals surface area contributed by atoms with E-state index in [-0.39, 0.29) is 46.3 Å². The van der Waals surface area contributed by atoms with Gasteiger partial charge in [-0.3, -0.25) is 19.2 Å². The largest absolute Gasteiger partial charge is 0.477 e. The quantitative estimate of drug-likeness (QED) is 0.308. The average molecular weight is 719 g/mol. The molecule has 10 nitrogen and oxygen atoms in total. The maximum atomic E-state index is 15.0. The minimum Gasteiger partial charge on any atom is -0.477 e. The van der Waals surface area contributed by atoms with Gasteiger partial charge in [-0.15, -0.1) is 0 Å². The van der Waals surface area contributed by atoms with Crippen molar-refractivity contribution < 1.29 is 36.7 Å². The Bertz CT molecular complexity index is 1970. The predicted molar refractivity (Wildman–Crippen MR) is 179 cm³/mol. The summed E-state index contributed by atoms with van der Waals surface area (Å²) in [5, 5.41) is 3.38. The lowest BCUT2D eigenvalue weighted by molar-refractivity contribution is -0.137. The Kier molecular flexibility index (Phi) is 9.41. The van der Waals surface area contributed by atoms with Crippen LogP contribution in [0.3, 0.4) is 0 Å². The molecule has 2 N–H and O–H groups in total. The van der Waals surface area contributed by atoms with Gasteiger partial charge in [0.2, 0.25) is 27.7 Å². The molecule has 4 amide bonds. The van der Waals surface area contributed by atoms with Crippen LogP contribution in [0.25, 0.3) is 0 Å². The highest BCUT2D eigenvalue weighted by atomic mass is 35.5. The lowest BCUT2D eigenvalue weighted by atomic mass is 9.58. The number of carbonyl (C=O) groups excluding carboxylic acids is 4. The minimum atomic E-state index is -3.96. The van der Waals surface area contributed by atoms with Gasteiger partial charge >= 0.3 is 0 Å². The SMILES string of the molecule is CCC(CC)(Oc1ccc(Cl)cc1[C@H]1CC(=O)N[C@@H](c2cc(F)ccc2C)[C@]12C(=O)N(C(C)=O)c1cc(Cl)ccc12)C(=O)NS(C)(=O)=O. The summed E-state index contributed by atoms with van der Waals surface area (Å²) in [5.74, 6) is -4.34. The molecule has 0 aliphatic carbocycles. The Labute approximate surface area is 288 Å². The van der Waals surface area contributed by atoms with Crippen molar-refractivity contribution in [3.05, 3.63) is 92.7 Å². The van der Waals surface area contributed by atoms with Crippen LogP contribution >= 0.6 is 23.2 Å². The number of hydrogen-bond acceptors (Lipinski definition) is 7. The van der Waals surface area contributed by atoms with Crippen LogP contribution in [-0.2, 0) is 34.6 Å². The topological polar surface area (TPSA) is 139 Å². The number of imide groups is 1. The molecule has 0 bridgehead atoms. The second kappa shape index (κ2) is 12.8. The smallest absolute Gasteiger partial charge is 0.277 e. The summed E-state index contributed by atoms with van der Waals surface area (Å²) in [5.41, 5.74) is -1.79. The highest BCUT2D eigenvalue weighted by Gasteiger charge is 2.65.